The first-order chi connectivity index (χ1) is 8.97. The van der Waals surface area contributed by atoms with Crippen LogP contribution >= 0.6 is 0 Å². The van der Waals surface area contributed by atoms with Crippen LogP contribution in [0.3, 0.4) is 0 Å². The topological polar surface area (TPSA) is 116 Å². The molecule has 0 spiro atoms. The van der Waals surface area contributed by atoms with Crippen LogP contribution in [0.4, 0.5) is 17.5 Å². The predicted molar refractivity (Wildman–Crippen MR) is 69.9 cm³/mol. The maximum atomic E-state index is 11.0. The van der Waals surface area contributed by atoms with Gasteiger partial charge < -0.3 is 15.8 Å². The zero-order chi connectivity index (χ0) is 14.0. The van der Waals surface area contributed by atoms with E-state index in [1.165, 1.54) is 6.92 Å². The summed E-state index contributed by atoms with van der Waals surface area (Å²) in [5.41, 5.74) is 5.39. The normalized spacial score (nSPS) is 16.7. The molecule has 8 nitrogen and oxygen atoms in total. The molecule has 0 amide bonds. The van der Waals surface area contributed by atoms with Crippen LogP contribution < -0.4 is 11.1 Å². The third-order valence-corrected chi connectivity index (χ3v) is 3.53. The fraction of sp³-hybridized carbons (Fsp3) is 0.636. The number of nitrogens with two attached hydrogens (primary N) is 1. The van der Waals surface area contributed by atoms with Crippen LogP contribution in [0.1, 0.15) is 25.0 Å². The zero-order valence-electron chi connectivity index (χ0n) is 11.0. The lowest BCUT2D eigenvalue weighted by Gasteiger charge is -2.40. The number of anilines is 2. The van der Waals surface area contributed by atoms with E-state index < -0.39 is 4.92 Å². The Balaban J connectivity index is 2.21. The van der Waals surface area contributed by atoms with Crippen molar-refractivity contribution >= 4 is 17.5 Å². The van der Waals surface area contributed by atoms with Crippen LogP contribution in [0.5, 0.6) is 0 Å². The Morgan fingerprint density at radius 2 is 2.21 bits per heavy atom. The molecular formula is C11H17N5O3. The number of nitrogen functional groups attached to an aromatic ring is 1. The lowest BCUT2D eigenvalue weighted by molar-refractivity contribution is -0.385. The molecule has 1 saturated carbocycles. The van der Waals surface area contributed by atoms with Gasteiger partial charge >= 0.3 is 5.69 Å². The van der Waals surface area contributed by atoms with Crippen molar-refractivity contribution in [2.75, 3.05) is 24.7 Å². The predicted octanol–water partition coefficient (Wildman–Crippen LogP) is 1.26. The summed E-state index contributed by atoms with van der Waals surface area (Å²) in [6.07, 6.45) is 2.97. The van der Waals surface area contributed by atoms with Crippen LogP contribution in [-0.4, -0.2) is 34.1 Å². The first kappa shape index (κ1) is 13.5. The summed E-state index contributed by atoms with van der Waals surface area (Å²) in [7, 11) is 1.65. The van der Waals surface area contributed by atoms with E-state index in [1.807, 2.05) is 0 Å². The minimum atomic E-state index is -0.503. The Kier molecular flexibility index (Phi) is 3.52. The Morgan fingerprint density at radius 1 is 1.53 bits per heavy atom. The number of nitro groups is 1. The van der Waals surface area contributed by atoms with Gasteiger partial charge in [0.1, 0.15) is 5.69 Å². The number of ether oxygens (including phenoxy) is 1. The molecule has 1 aliphatic carbocycles. The number of aromatic nitrogens is 2. The first-order valence-corrected chi connectivity index (χ1v) is 6.05. The molecular weight excluding hydrogens is 250 g/mol. The van der Waals surface area contributed by atoms with Gasteiger partial charge in [-0.25, -0.2) is 4.98 Å². The standard InChI is InChI=1S/C11H17N5O3/c1-7-8(16(17)18)9(15-10(12)14-7)13-6-11(19-2)4-3-5-11/h3-6H2,1-2H3,(H3,12,13,14,15). The molecule has 0 unspecified atom stereocenters. The minimum absolute atomic E-state index is 0.0191. The maximum absolute atomic E-state index is 11.0. The Hall–Kier alpha value is -1.96. The first-order valence-electron chi connectivity index (χ1n) is 6.05. The highest BCUT2D eigenvalue weighted by atomic mass is 16.6. The van der Waals surface area contributed by atoms with Crippen LogP contribution in [0.2, 0.25) is 0 Å². The van der Waals surface area contributed by atoms with Gasteiger partial charge in [-0.15, -0.1) is 0 Å². The molecule has 8 heteroatoms. The second kappa shape index (κ2) is 4.96. The van der Waals surface area contributed by atoms with Crippen molar-refractivity contribution in [3.63, 3.8) is 0 Å². The second-order valence-corrected chi connectivity index (χ2v) is 4.72. The van der Waals surface area contributed by atoms with Gasteiger partial charge in [-0.05, 0) is 26.2 Å². The summed E-state index contributed by atoms with van der Waals surface area (Å²) in [4.78, 5) is 18.3. The van der Waals surface area contributed by atoms with E-state index in [4.69, 9.17) is 10.5 Å². The molecule has 104 valence electrons. The van der Waals surface area contributed by atoms with Gasteiger partial charge in [0, 0.05) is 13.7 Å². The summed E-state index contributed by atoms with van der Waals surface area (Å²) in [6, 6.07) is 0. The van der Waals surface area contributed by atoms with E-state index in [-0.39, 0.29) is 28.7 Å². The number of hydrogen-bond acceptors (Lipinski definition) is 7. The molecule has 2 rings (SSSR count). The van der Waals surface area contributed by atoms with Crippen molar-refractivity contribution in [3.05, 3.63) is 15.8 Å². The minimum Gasteiger partial charge on any atom is -0.376 e. The number of rotatable bonds is 5. The van der Waals surface area contributed by atoms with Gasteiger partial charge in [-0.2, -0.15) is 4.98 Å². The van der Waals surface area contributed by atoms with Crippen LogP contribution in [-0.2, 0) is 4.74 Å². The monoisotopic (exact) mass is 267 g/mol. The van der Waals surface area contributed by atoms with Crippen molar-refractivity contribution in [3.8, 4) is 0 Å². The maximum Gasteiger partial charge on any atom is 0.332 e. The lowest BCUT2D eigenvalue weighted by Crippen LogP contribution is -2.45. The van der Waals surface area contributed by atoms with Crippen molar-refractivity contribution < 1.29 is 9.66 Å². The molecule has 1 aliphatic rings. The van der Waals surface area contributed by atoms with Gasteiger partial charge in [0.25, 0.3) is 0 Å². The van der Waals surface area contributed by atoms with Gasteiger partial charge in [0.2, 0.25) is 11.8 Å². The molecule has 0 aliphatic heterocycles. The molecule has 1 aromatic rings. The Labute approximate surface area is 110 Å². The molecule has 0 atom stereocenters. The lowest BCUT2D eigenvalue weighted by atomic mass is 9.80. The van der Waals surface area contributed by atoms with E-state index in [1.54, 1.807) is 7.11 Å². The van der Waals surface area contributed by atoms with Gasteiger partial charge in [0.05, 0.1) is 10.5 Å². The van der Waals surface area contributed by atoms with E-state index in [0.29, 0.717) is 6.54 Å². The molecule has 1 fully saturated rings. The Bertz CT molecular complexity index is 496. The highest BCUT2D eigenvalue weighted by Crippen LogP contribution is 2.36. The van der Waals surface area contributed by atoms with Crippen molar-refractivity contribution in [1.82, 2.24) is 9.97 Å². The smallest absolute Gasteiger partial charge is 0.332 e. The molecule has 1 aromatic heterocycles. The summed E-state index contributed by atoms with van der Waals surface area (Å²) in [5, 5.41) is 14.0. The second-order valence-electron chi connectivity index (χ2n) is 4.72. The molecule has 3 N–H and O–H groups in total. The van der Waals surface area contributed by atoms with Crippen molar-refractivity contribution in [1.29, 1.82) is 0 Å². The fourth-order valence-electron chi connectivity index (χ4n) is 2.20. The summed E-state index contributed by atoms with van der Waals surface area (Å²) in [6.45, 7) is 2.01. The molecule has 0 radical (unpaired) electrons. The number of nitrogens with zero attached hydrogens (tertiary/aromatic N) is 3. The molecule has 19 heavy (non-hydrogen) atoms. The fourth-order valence-corrected chi connectivity index (χ4v) is 2.20. The number of hydrogen-bond donors (Lipinski definition) is 2. The highest BCUT2D eigenvalue weighted by molar-refractivity contribution is 5.60. The number of aryl methyl sites for hydroxylation is 1. The van der Waals surface area contributed by atoms with Gasteiger partial charge in [-0.3, -0.25) is 10.1 Å². The number of methoxy groups -OCH3 is 1. The third-order valence-electron chi connectivity index (χ3n) is 3.53. The summed E-state index contributed by atoms with van der Waals surface area (Å²) >= 11 is 0. The van der Waals surface area contributed by atoms with Crippen LogP contribution in [0.15, 0.2) is 0 Å². The van der Waals surface area contributed by atoms with E-state index >= 15 is 0 Å². The highest BCUT2D eigenvalue weighted by Gasteiger charge is 2.37. The van der Waals surface area contributed by atoms with Crippen molar-refractivity contribution in [2.24, 2.45) is 0 Å². The average Bonchev–Trinajstić information content (AvgIpc) is 2.26. The third kappa shape index (κ3) is 2.58. The number of nitrogens with one attached hydrogen (secondary N) is 1. The molecule has 0 saturated heterocycles. The van der Waals surface area contributed by atoms with Crippen LogP contribution in [0.25, 0.3) is 0 Å². The van der Waals surface area contributed by atoms with E-state index in [2.05, 4.69) is 15.3 Å². The quantitative estimate of drug-likeness (QED) is 0.609. The van der Waals surface area contributed by atoms with Gasteiger partial charge in [-0.1, -0.05) is 0 Å². The van der Waals surface area contributed by atoms with Gasteiger partial charge in [0.15, 0.2) is 0 Å². The summed E-state index contributed by atoms with van der Waals surface area (Å²) < 4.78 is 5.45. The van der Waals surface area contributed by atoms with Crippen LogP contribution in [0, 0.1) is 17.0 Å². The molecule has 0 bridgehead atoms. The van der Waals surface area contributed by atoms with Crippen molar-refractivity contribution in [2.45, 2.75) is 31.8 Å². The SMILES string of the molecule is COC1(CNc2nc(N)nc(C)c2[N+](=O)[O-])CCC1. The van der Waals surface area contributed by atoms with E-state index in [0.717, 1.165) is 19.3 Å². The molecule has 1 heterocycles. The average molecular weight is 267 g/mol. The summed E-state index contributed by atoms with van der Waals surface area (Å²) in [5.74, 6) is 0.170. The molecule has 0 aromatic carbocycles. The largest absolute Gasteiger partial charge is 0.376 e. The van der Waals surface area contributed by atoms with E-state index in [9.17, 15) is 10.1 Å². The zero-order valence-corrected chi connectivity index (χ0v) is 11.0. The Morgan fingerprint density at radius 3 is 2.68 bits per heavy atom.